The van der Waals surface area contributed by atoms with Gasteiger partial charge in [-0.15, -0.1) is 0 Å². The van der Waals surface area contributed by atoms with Gasteiger partial charge in [0.05, 0.1) is 27.4 Å². The molecule has 0 fully saturated rings. The van der Waals surface area contributed by atoms with E-state index < -0.39 is 23.3 Å². The summed E-state index contributed by atoms with van der Waals surface area (Å²) in [6.07, 6.45) is 0. The molecule has 0 aliphatic carbocycles. The van der Waals surface area contributed by atoms with Crippen LogP contribution >= 0.6 is 11.6 Å². The summed E-state index contributed by atoms with van der Waals surface area (Å²) < 4.78 is 1.02. The number of halogens is 1. The number of nitrogens with one attached hydrogen (secondary N) is 1. The van der Waals surface area contributed by atoms with Crippen LogP contribution in [0, 0.1) is 0 Å². The van der Waals surface area contributed by atoms with E-state index in [1.807, 2.05) is 0 Å². The standard InChI is InChI=1S/C14H9ClN4O4/c15-8-3-5(1-2-6(8)12(17)21)19-9(20)4-7-10(11(19)16)14(23)18-13(7)22/h1-4H,16H2,(H2,17,21)(H,18,22,23). The Morgan fingerprint density at radius 2 is 1.83 bits per heavy atom. The second-order valence-electron chi connectivity index (χ2n) is 4.80. The summed E-state index contributed by atoms with van der Waals surface area (Å²) in [6.45, 7) is 0. The molecule has 116 valence electrons. The van der Waals surface area contributed by atoms with E-state index in [2.05, 4.69) is 5.32 Å². The molecule has 1 aromatic carbocycles. The molecule has 0 radical (unpaired) electrons. The molecule has 8 nitrogen and oxygen atoms in total. The maximum absolute atomic E-state index is 12.2. The second-order valence-corrected chi connectivity index (χ2v) is 5.21. The maximum Gasteiger partial charge on any atom is 0.262 e. The van der Waals surface area contributed by atoms with Crippen molar-refractivity contribution in [1.29, 1.82) is 0 Å². The van der Waals surface area contributed by atoms with Crippen molar-refractivity contribution in [3.63, 3.8) is 0 Å². The largest absolute Gasteiger partial charge is 0.384 e. The summed E-state index contributed by atoms with van der Waals surface area (Å²) in [5, 5.41) is 2.10. The number of nitrogens with zero attached hydrogens (tertiary/aromatic N) is 1. The Kier molecular flexibility index (Phi) is 3.19. The van der Waals surface area contributed by atoms with Gasteiger partial charge in [-0.25, -0.2) is 0 Å². The van der Waals surface area contributed by atoms with E-state index in [-0.39, 0.29) is 33.2 Å². The molecule has 0 unspecified atom stereocenters. The first-order valence-electron chi connectivity index (χ1n) is 6.32. The fourth-order valence-corrected chi connectivity index (χ4v) is 2.66. The molecule has 0 atom stereocenters. The Bertz CT molecular complexity index is 964. The summed E-state index contributed by atoms with van der Waals surface area (Å²) in [5.74, 6) is -2.28. The van der Waals surface area contributed by atoms with Crippen LogP contribution in [0.25, 0.3) is 5.69 Å². The van der Waals surface area contributed by atoms with E-state index in [1.165, 1.54) is 18.2 Å². The number of carbonyl (C=O) groups is 3. The highest BCUT2D eigenvalue weighted by molar-refractivity contribution is 6.34. The second kappa shape index (κ2) is 4.96. The predicted molar refractivity (Wildman–Crippen MR) is 81.8 cm³/mol. The zero-order chi connectivity index (χ0) is 16.9. The van der Waals surface area contributed by atoms with E-state index in [9.17, 15) is 19.2 Å². The molecule has 0 bridgehead atoms. The number of primary amides is 1. The summed E-state index contributed by atoms with van der Waals surface area (Å²) in [4.78, 5) is 46.8. The minimum absolute atomic E-state index is 0.0299. The molecule has 9 heteroatoms. The number of amides is 3. The number of pyridine rings is 1. The molecule has 23 heavy (non-hydrogen) atoms. The number of hydrogen-bond acceptors (Lipinski definition) is 5. The first-order valence-corrected chi connectivity index (χ1v) is 6.70. The van der Waals surface area contributed by atoms with Gasteiger partial charge in [-0.3, -0.25) is 29.1 Å². The number of fused-ring (bicyclic) bond motifs is 1. The van der Waals surface area contributed by atoms with Crippen molar-refractivity contribution >= 4 is 35.1 Å². The number of hydrogen-bond donors (Lipinski definition) is 3. The van der Waals surface area contributed by atoms with Gasteiger partial charge in [0.25, 0.3) is 17.4 Å². The lowest BCUT2D eigenvalue weighted by Crippen LogP contribution is -2.24. The van der Waals surface area contributed by atoms with E-state index in [1.54, 1.807) is 0 Å². The maximum atomic E-state index is 12.2. The van der Waals surface area contributed by atoms with Crippen LogP contribution in [0.4, 0.5) is 5.82 Å². The van der Waals surface area contributed by atoms with Crippen LogP contribution in [0.15, 0.2) is 29.1 Å². The average molecular weight is 333 g/mol. The topological polar surface area (TPSA) is 137 Å². The lowest BCUT2D eigenvalue weighted by molar-refractivity contribution is 0.0878. The Labute approximate surface area is 133 Å². The van der Waals surface area contributed by atoms with Gasteiger partial charge in [-0.2, -0.15) is 0 Å². The van der Waals surface area contributed by atoms with Crippen LogP contribution in [-0.2, 0) is 0 Å². The average Bonchev–Trinajstić information content (AvgIpc) is 2.73. The monoisotopic (exact) mass is 332 g/mol. The fourth-order valence-electron chi connectivity index (χ4n) is 2.39. The van der Waals surface area contributed by atoms with E-state index >= 15 is 0 Å². The van der Waals surface area contributed by atoms with Gasteiger partial charge in [-0.05, 0) is 18.2 Å². The first kappa shape index (κ1) is 14.8. The molecule has 0 spiro atoms. The zero-order valence-electron chi connectivity index (χ0n) is 11.4. The van der Waals surface area contributed by atoms with Gasteiger partial charge in [0.1, 0.15) is 5.82 Å². The molecule has 3 amide bonds. The number of imide groups is 1. The summed E-state index contributed by atoms with van der Waals surface area (Å²) >= 11 is 5.96. The molecule has 5 N–H and O–H groups in total. The summed E-state index contributed by atoms with van der Waals surface area (Å²) in [5.41, 5.74) is 10.6. The van der Waals surface area contributed by atoms with Crippen molar-refractivity contribution in [2.75, 3.05) is 5.73 Å². The van der Waals surface area contributed by atoms with Crippen LogP contribution in [0.5, 0.6) is 0 Å². The van der Waals surface area contributed by atoms with Gasteiger partial charge in [-0.1, -0.05) is 11.6 Å². The minimum Gasteiger partial charge on any atom is -0.384 e. The van der Waals surface area contributed by atoms with Crippen LogP contribution in [0.3, 0.4) is 0 Å². The number of nitrogen functional groups attached to an aromatic ring is 1. The van der Waals surface area contributed by atoms with E-state index in [4.69, 9.17) is 23.1 Å². The van der Waals surface area contributed by atoms with Gasteiger partial charge in [0.2, 0.25) is 5.91 Å². The molecular formula is C14H9ClN4O4. The molecule has 0 saturated heterocycles. The third kappa shape index (κ3) is 2.16. The Morgan fingerprint density at radius 3 is 2.43 bits per heavy atom. The SMILES string of the molecule is NC(=O)c1ccc(-n2c(N)c3c(cc2=O)C(=O)NC3=O)cc1Cl. The molecule has 1 aliphatic heterocycles. The highest BCUT2D eigenvalue weighted by atomic mass is 35.5. The van der Waals surface area contributed by atoms with Gasteiger partial charge in [0.15, 0.2) is 0 Å². The highest BCUT2D eigenvalue weighted by Gasteiger charge is 2.31. The number of aromatic nitrogens is 1. The van der Waals surface area contributed by atoms with Crippen LogP contribution in [0.2, 0.25) is 5.02 Å². The summed E-state index contributed by atoms with van der Waals surface area (Å²) in [7, 11) is 0. The van der Waals surface area contributed by atoms with E-state index in [0.717, 1.165) is 10.6 Å². The molecule has 1 aromatic heterocycles. The number of rotatable bonds is 2. The molecular weight excluding hydrogens is 324 g/mol. The van der Waals surface area contributed by atoms with Crippen molar-refractivity contribution < 1.29 is 14.4 Å². The zero-order valence-corrected chi connectivity index (χ0v) is 12.2. The lowest BCUT2D eigenvalue weighted by Gasteiger charge is -2.12. The Hall–Kier alpha value is -3.13. The molecule has 0 saturated carbocycles. The van der Waals surface area contributed by atoms with Crippen LogP contribution in [0.1, 0.15) is 31.1 Å². The predicted octanol–water partition coefficient (Wildman–Crippen LogP) is 0.0556. The third-order valence-corrected chi connectivity index (χ3v) is 3.74. The van der Waals surface area contributed by atoms with Crippen LogP contribution in [-0.4, -0.2) is 22.3 Å². The summed E-state index contributed by atoms with van der Waals surface area (Å²) in [6, 6.07) is 5.08. The first-order chi connectivity index (χ1) is 10.8. The van der Waals surface area contributed by atoms with E-state index in [0.29, 0.717) is 0 Å². The van der Waals surface area contributed by atoms with Crippen molar-refractivity contribution in [3.05, 3.63) is 56.3 Å². The van der Waals surface area contributed by atoms with Gasteiger partial charge >= 0.3 is 0 Å². The minimum atomic E-state index is -0.721. The smallest absolute Gasteiger partial charge is 0.262 e. The van der Waals surface area contributed by atoms with Gasteiger partial charge in [0, 0.05) is 6.07 Å². The number of carbonyl (C=O) groups excluding carboxylic acids is 3. The molecule has 3 rings (SSSR count). The number of nitrogens with two attached hydrogens (primary N) is 2. The molecule has 2 heterocycles. The Morgan fingerprint density at radius 1 is 1.13 bits per heavy atom. The van der Waals surface area contributed by atoms with Crippen molar-refractivity contribution in [1.82, 2.24) is 9.88 Å². The molecule has 1 aliphatic rings. The number of benzene rings is 1. The van der Waals surface area contributed by atoms with Crippen molar-refractivity contribution in [2.24, 2.45) is 5.73 Å². The fraction of sp³-hybridized carbons (Fsp3) is 0. The van der Waals surface area contributed by atoms with Gasteiger partial charge < -0.3 is 11.5 Å². The quantitative estimate of drug-likeness (QED) is 0.667. The number of anilines is 1. The highest BCUT2D eigenvalue weighted by Crippen LogP contribution is 2.25. The normalized spacial score (nSPS) is 12.9. The lowest BCUT2D eigenvalue weighted by atomic mass is 10.1. The van der Waals surface area contributed by atoms with Crippen LogP contribution < -0.4 is 22.3 Å². The molecule has 2 aromatic rings. The van der Waals surface area contributed by atoms with Crippen molar-refractivity contribution in [2.45, 2.75) is 0 Å². The third-order valence-electron chi connectivity index (χ3n) is 3.43. The Balaban J connectivity index is 2.27. The van der Waals surface area contributed by atoms with Crippen molar-refractivity contribution in [3.8, 4) is 5.69 Å².